The van der Waals surface area contributed by atoms with Gasteiger partial charge in [0.25, 0.3) is 0 Å². The average molecular weight is 411 g/mol. The smallest absolute Gasteiger partial charge is 0.132 e. The first-order valence-electron chi connectivity index (χ1n) is 11.8. The molecule has 0 radical (unpaired) electrons. The van der Waals surface area contributed by atoms with Crippen LogP contribution in [0.3, 0.4) is 0 Å². The fourth-order valence-electron chi connectivity index (χ4n) is 6.74. The molecular weight excluding hydrogens is 372 g/mol. The number of benzene rings is 1. The maximum atomic E-state index is 11.8. The van der Waals surface area contributed by atoms with Gasteiger partial charge in [0.2, 0.25) is 0 Å². The van der Waals surface area contributed by atoms with E-state index in [4.69, 9.17) is 0 Å². The van der Waals surface area contributed by atoms with Gasteiger partial charge in [0, 0.05) is 5.41 Å². The van der Waals surface area contributed by atoms with Crippen molar-refractivity contribution in [3.63, 3.8) is 0 Å². The van der Waals surface area contributed by atoms with Crippen LogP contribution in [0.2, 0.25) is 19.1 Å². The van der Waals surface area contributed by atoms with E-state index >= 15 is 0 Å². The number of hydrogen-bond donors (Lipinski definition) is 2. The third-order valence-corrected chi connectivity index (χ3v) is 11.0. The first-order chi connectivity index (χ1) is 13.7. The van der Waals surface area contributed by atoms with E-state index in [9.17, 15) is 10.2 Å². The number of aromatic hydroxyl groups is 1. The van der Waals surface area contributed by atoms with Gasteiger partial charge in [-0.15, -0.1) is 5.54 Å². The van der Waals surface area contributed by atoms with Crippen LogP contribution in [-0.4, -0.2) is 23.9 Å². The summed E-state index contributed by atoms with van der Waals surface area (Å²) in [5.41, 5.74) is 5.54. The molecule has 2 N–H and O–H groups in total. The molecule has 4 rings (SSSR count). The van der Waals surface area contributed by atoms with Crippen molar-refractivity contribution in [3.05, 3.63) is 29.3 Å². The molecule has 2 fully saturated rings. The highest BCUT2D eigenvalue weighted by atomic mass is 28.3. The minimum absolute atomic E-state index is 0.0785. The molecule has 0 unspecified atom stereocenters. The normalized spacial score (nSPS) is 35.8. The van der Waals surface area contributed by atoms with E-state index in [0.717, 1.165) is 32.1 Å². The van der Waals surface area contributed by atoms with Crippen molar-refractivity contribution in [1.29, 1.82) is 0 Å². The van der Waals surface area contributed by atoms with Gasteiger partial charge < -0.3 is 10.2 Å². The fraction of sp³-hybridized carbons (Fsp3) is 0.692. The number of unbranched alkanes of at least 4 members (excludes halogenated alkanes) is 1. The summed E-state index contributed by atoms with van der Waals surface area (Å²) in [5.74, 6) is 5.68. The zero-order valence-corrected chi connectivity index (χ0v) is 19.7. The van der Waals surface area contributed by atoms with Crippen LogP contribution < -0.4 is 0 Å². The monoisotopic (exact) mass is 410 g/mol. The molecule has 0 saturated heterocycles. The molecule has 0 amide bonds. The Balaban J connectivity index is 1.59. The van der Waals surface area contributed by atoms with Gasteiger partial charge in [-0.1, -0.05) is 51.8 Å². The molecular formula is C26H38O2Si. The molecule has 158 valence electrons. The Morgan fingerprint density at radius 3 is 2.72 bits per heavy atom. The van der Waals surface area contributed by atoms with Crippen molar-refractivity contribution in [3.8, 4) is 17.2 Å². The molecule has 2 nitrogen and oxygen atoms in total. The minimum atomic E-state index is -1.56. The molecule has 3 aliphatic carbocycles. The second-order valence-electron chi connectivity index (χ2n) is 10.9. The van der Waals surface area contributed by atoms with E-state index in [1.165, 1.54) is 36.4 Å². The molecule has 0 aliphatic heterocycles. The standard InChI is InChI=1S/C26H38O2Si/c1-5-6-16-29(3,4)17-15-26(28)14-12-24-23-9-7-19-18-20(27)8-10-21(19)22(23)11-13-25(24,26)2/h8,10,18,22-24,27-28H,5-7,9,11-14,16H2,1-4H3/t22-,23-,24+,25+,26-/m1/s1. The van der Waals surface area contributed by atoms with Crippen LogP contribution in [0.1, 0.15) is 75.8 Å². The van der Waals surface area contributed by atoms with Crippen molar-refractivity contribution in [2.75, 3.05) is 0 Å². The van der Waals surface area contributed by atoms with Gasteiger partial charge in [0.15, 0.2) is 0 Å². The maximum absolute atomic E-state index is 11.8. The quantitative estimate of drug-likeness (QED) is 0.472. The summed E-state index contributed by atoms with van der Waals surface area (Å²) >= 11 is 0. The molecule has 1 aromatic carbocycles. The summed E-state index contributed by atoms with van der Waals surface area (Å²) in [5, 5.41) is 21.6. The summed E-state index contributed by atoms with van der Waals surface area (Å²) in [7, 11) is -1.56. The number of phenols is 1. The molecule has 3 aliphatic rings. The van der Waals surface area contributed by atoms with Crippen molar-refractivity contribution in [1.82, 2.24) is 0 Å². The molecule has 2 saturated carbocycles. The second kappa shape index (κ2) is 7.47. The first kappa shape index (κ1) is 21.0. The topological polar surface area (TPSA) is 40.5 Å². The van der Waals surface area contributed by atoms with Gasteiger partial charge in [0.05, 0.1) is 0 Å². The minimum Gasteiger partial charge on any atom is -0.508 e. The van der Waals surface area contributed by atoms with E-state index in [1.54, 1.807) is 0 Å². The molecule has 0 spiro atoms. The Kier molecular flexibility index (Phi) is 5.41. The van der Waals surface area contributed by atoms with Crippen LogP contribution in [0.5, 0.6) is 5.75 Å². The second-order valence-corrected chi connectivity index (χ2v) is 15.4. The van der Waals surface area contributed by atoms with Crippen LogP contribution in [0.25, 0.3) is 0 Å². The van der Waals surface area contributed by atoms with E-state index in [1.807, 2.05) is 12.1 Å². The zero-order chi connectivity index (χ0) is 20.9. The maximum Gasteiger partial charge on any atom is 0.132 e. The Morgan fingerprint density at radius 1 is 1.17 bits per heavy atom. The average Bonchev–Trinajstić information content (AvgIpc) is 2.96. The SMILES string of the molecule is CCCC[Si](C)(C)C#C[C@]1(O)CC[C@H]2[C@@H]3CCc4cc(O)ccc4[C@H]3CC[C@@]21C. The van der Waals surface area contributed by atoms with Gasteiger partial charge in [-0.05, 0) is 85.6 Å². The zero-order valence-electron chi connectivity index (χ0n) is 18.7. The van der Waals surface area contributed by atoms with Crippen LogP contribution >= 0.6 is 0 Å². The number of rotatable bonds is 3. The highest BCUT2D eigenvalue weighted by Crippen LogP contribution is 2.64. The number of hydrogen-bond acceptors (Lipinski definition) is 2. The Hall–Kier alpha value is -1.24. The number of aryl methyl sites for hydroxylation is 1. The molecule has 1 aromatic rings. The third kappa shape index (κ3) is 3.57. The van der Waals surface area contributed by atoms with Gasteiger partial charge in [0.1, 0.15) is 19.4 Å². The molecule has 0 aromatic heterocycles. The fourth-order valence-corrected chi connectivity index (χ4v) is 8.65. The molecule has 3 heteroatoms. The van der Waals surface area contributed by atoms with Crippen molar-refractivity contribution < 1.29 is 10.2 Å². The lowest BCUT2D eigenvalue weighted by Gasteiger charge is -2.52. The largest absolute Gasteiger partial charge is 0.508 e. The Bertz CT molecular complexity index is 835. The van der Waals surface area contributed by atoms with Crippen molar-refractivity contribution >= 4 is 8.07 Å². The summed E-state index contributed by atoms with van der Waals surface area (Å²) in [6, 6.07) is 7.22. The lowest BCUT2D eigenvalue weighted by atomic mass is 9.53. The number of fused-ring (bicyclic) bond motifs is 5. The molecule has 5 atom stereocenters. The summed E-state index contributed by atoms with van der Waals surface area (Å²) in [6.07, 6.45) is 8.85. The summed E-state index contributed by atoms with van der Waals surface area (Å²) < 4.78 is 0. The predicted molar refractivity (Wildman–Crippen MR) is 123 cm³/mol. The molecule has 0 heterocycles. The highest BCUT2D eigenvalue weighted by molar-refractivity contribution is 6.85. The third-order valence-electron chi connectivity index (χ3n) is 8.62. The van der Waals surface area contributed by atoms with E-state index in [-0.39, 0.29) is 5.41 Å². The highest BCUT2D eigenvalue weighted by Gasteiger charge is 2.61. The lowest BCUT2D eigenvalue weighted by molar-refractivity contribution is -0.0647. The summed E-state index contributed by atoms with van der Waals surface area (Å²) in [4.78, 5) is 0. The predicted octanol–water partition coefficient (Wildman–Crippen LogP) is 6.03. The van der Waals surface area contributed by atoms with Gasteiger partial charge in [-0.3, -0.25) is 0 Å². The Labute approximate surface area is 178 Å². The van der Waals surface area contributed by atoms with Crippen LogP contribution in [0, 0.1) is 28.7 Å². The van der Waals surface area contributed by atoms with Gasteiger partial charge in [-0.2, -0.15) is 0 Å². The first-order valence-corrected chi connectivity index (χ1v) is 15.0. The van der Waals surface area contributed by atoms with E-state index in [0.29, 0.717) is 23.5 Å². The number of aliphatic hydroxyl groups is 1. The molecule has 29 heavy (non-hydrogen) atoms. The summed E-state index contributed by atoms with van der Waals surface area (Å²) in [6.45, 7) is 9.30. The number of phenolic OH excluding ortho intramolecular Hbond substituents is 1. The molecule has 0 bridgehead atoms. The van der Waals surface area contributed by atoms with Crippen molar-refractivity contribution in [2.45, 2.75) is 95.9 Å². The van der Waals surface area contributed by atoms with Crippen LogP contribution in [0.15, 0.2) is 18.2 Å². The van der Waals surface area contributed by atoms with Gasteiger partial charge in [-0.25, -0.2) is 0 Å². The van der Waals surface area contributed by atoms with E-state index in [2.05, 4.69) is 44.5 Å². The Morgan fingerprint density at radius 2 is 1.97 bits per heavy atom. The van der Waals surface area contributed by atoms with Gasteiger partial charge >= 0.3 is 0 Å². The lowest BCUT2D eigenvalue weighted by Crippen LogP contribution is -2.50. The van der Waals surface area contributed by atoms with E-state index < -0.39 is 13.7 Å². The van der Waals surface area contributed by atoms with Crippen LogP contribution in [0.4, 0.5) is 0 Å². The van der Waals surface area contributed by atoms with Crippen molar-refractivity contribution in [2.24, 2.45) is 17.3 Å². The van der Waals surface area contributed by atoms with Crippen LogP contribution in [-0.2, 0) is 6.42 Å².